The fourth-order valence-corrected chi connectivity index (χ4v) is 4.46. The van der Waals surface area contributed by atoms with Gasteiger partial charge in [-0.3, -0.25) is 0 Å². The minimum absolute atomic E-state index is 0.289. The average Bonchev–Trinajstić information content (AvgIpc) is 2.75. The second-order valence-electron chi connectivity index (χ2n) is 7.64. The highest BCUT2D eigenvalue weighted by molar-refractivity contribution is 5.25. The summed E-state index contributed by atoms with van der Waals surface area (Å²) in [5.74, 6) is 1.60. The fraction of sp³-hybridized carbons (Fsp3) is 0.722. The number of pyridine rings is 1. The Morgan fingerprint density at radius 2 is 2.10 bits per heavy atom. The third-order valence-corrected chi connectivity index (χ3v) is 6.51. The van der Waals surface area contributed by atoms with Crippen molar-refractivity contribution < 1.29 is 4.74 Å². The second-order valence-corrected chi connectivity index (χ2v) is 7.64. The van der Waals surface area contributed by atoms with Crippen LogP contribution < -0.4 is 10.1 Å². The van der Waals surface area contributed by atoms with Gasteiger partial charge in [0.05, 0.1) is 0 Å². The summed E-state index contributed by atoms with van der Waals surface area (Å²) < 4.78 is 6.33. The van der Waals surface area contributed by atoms with E-state index in [1.807, 2.05) is 13.1 Å². The molecule has 1 aromatic heterocycles. The number of aromatic nitrogens is 1. The van der Waals surface area contributed by atoms with E-state index in [0.717, 1.165) is 24.0 Å². The predicted molar refractivity (Wildman–Crippen MR) is 85.4 cm³/mol. The molecule has 1 heterocycles. The van der Waals surface area contributed by atoms with E-state index in [0.29, 0.717) is 11.5 Å². The third kappa shape index (κ3) is 2.17. The first-order valence-corrected chi connectivity index (χ1v) is 8.16. The molecule has 0 saturated heterocycles. The summed E-state index contributed by atoms with van der Waals surface area (Å²) in [6.45, 7) is 10.2. The molecule has 2 aliphatic rings. The van der Waals surface area contributed by atoms with Gasteiger partial charge in [-0.05, 0) is 50.1 Å². The first-order valence-electron chi connectivity index (χ1n) is 8.16. The van der Waals surface area contributed by atoms with Gasteiger partial charge in [0.2, 0.25) is 5.88 Å². The van der Waals surface area contributed by atoms with Crippen molar-refractivity contribution >= 4 is 0 Å². The van der Waals surface area contributed by atoms with Crippen LogP contribution in [0.25, 0.3) is 0 Å². The molecular formula is C18H28N2O. The number of nitrogens with one attached hydrogen (secondary N) is 1. The van der Waals surface area contributed by atoms with Crippen LogP contribution in [0.2, 0.25) is 0 Å². The molecule has 0 radical (unpaired) electrons. The van der Waals surface area contributed by atoms with Crippen molar-refractivity contribution in [3.8, 4) is 5.88 Å². The molecule has 3 unspecified atom stereocenters. The Bertz CT molecular complexity index is 540. The number of ether oxygens (including phenoxy) is 1. The van der Waals surface area contributed by atoms with E-state index in [1.165, 1.54) is 24.8 Å². The van der Waals surface area contributed by atoms with E-state index < -0.39 is 0 Å². The average molecular weight is 288 g/mol. The zero-order chi connectivity index (χ0) is 15.3. The second kappa shape index (κ2) is 4.98. The van der Waals surface area contributed by atoms with Crippen LogP contribution in [-0.4, -0.2) is 18.1 Å². The van der Waals surface area contributed by atoms with Crippen LogP contribution in [0.1, 0.15) is 51.3 Å². The van der Waals surface area contributed by atoms with Crippen molar-refractivity contribution in [3.63, 3.8) is 0 Å². The maximum atomic E-state index is 6.33. The van der Waals surface area contributed by atoms with Gasteiger partial charge in [-0.25, -0.2) is 4.98 Å². The van der Waals surface area contributed by atoms with Gasteiger partial charge in [-0.1, -0.05) is 26.8 Å². The molecule has 116 valence electrons. The molecule has 3 atom stereocenters. The van der Waals surface area contributed by atoms with Gasteiger partial charge < -0.3 is 10.1 Å². The summed E-state index contributed by atoms with van der Waals surface area (Å²) in [6.07, 6.45) is 4.14. The Kier molecular flexibility index (Phi) is 3.52. The van der Waals surface area contributed by atoms with Crippen LogP contribution in [0.5, 0.6) is 5.88 Å². The lowest BCUT2D eigenvalue weighted by atomic mass is 9.70. The van der Waals surface area contributed by atoms with E-state index in [9.17, 15) is 0 Å². The fourth-order valence-electron chi connectivity index (χ4n) is 4.46. The summed E-state index contributed by atoms with van der Waals surface area (Å²) in [6, 6.07) is 4.16. The van der Waals surface area contributed by atoms with Crippen LogP contribution in [-0.2, 0) is 6.54 Å². The van der Waals surface area contributed by atoms with E-state index in [-0.39, 0.29) is 5.41 Å². The largest absolute Gasteiger partial charge is 0.474 e. The Hall–Kier alpha value is -1.09. The van der Waals surface area contributed by atoms with Crippen molar-refractivity contribution in [1.29, 1.82) is 0 Å². The molecule has 21 heavy (non-hydrogen) atoms. The van der Waals surface area contributed by atoms with E-state index in [1.54, 1.807) is 0 Å². The third-order valence-electron chi connectivity index (χ3n) is 6.51. The Morgan fingerprint density at radius 3 is 2.62 bits per heavy atom. The zero-order valence-corrected chi connectivity index (χ0v) is 14.0. The Balaban J connectivity index is 1.78. The molecule has 0 amide bonds. The highest BCUT2D eigenvalue weighted by atomic mass is 16.5. The molecule has 0 aromatic carbocycles. The van der Waals surface area contributed by atoms with Crippen molar-refractivity contribution in [2.45, 2.75) is 59.6 Å². The maximum absolute atomic E-state index is 6.33. The highest BCUT2D eigenvalue weighted by Gasteiger charge is 2.62. The lowest BCUT2D eigenvalue weighted by Crippen LogP contribution is -2.39. The Labute approximate surface area is 128 Å². The lowest BCUT2D eigenvalue weighted by Gasteiger charge is -2.38. The summed E-state index contributed by atoms with van der Waals surface area (Å²) in [4.78, 5) is 4.66. The Morgan fingerprint density at radius 1 is 1.33 bits per heavy atom. The molecule has 0 spiro atoms. The van der Waals surface area contributed by atoms with E-state index in [2.05, 4.69) is 44.1 Å². The van der Waals surface area contributed by atoms with Gasteiger partial charge in [-0.2, -0.15) is 0 Å². The normalized spacial score (nSPS) is 33.4. The molecule has 2 bridgehead atoms. The number of hydrogen-bond acceptors (Lipinski definition) is 3. The molecule has 2 fully saturated rings. The molecular weight excluding hydrogens is 260 g/mol. The standard InChI is InChI=1S/C18H28N2O/c1-12-13(11-19-5)6-7-16(20-12)21-15-10-14-8-9-18(15,4)17(14,2)3/h6-7,14-15,19H,8-11H2,1-5H3. The van der Waals surface area contributed by atoms with Crippen LogP contribution >= 0.6 is 0 Å². The van der Waals surface area contributed by atoms with Crippen LogP contribution in [0.3, 0.4) is 0 Å². The number of fused-ring (bicyclic) bond motifs is 2. The number of hydrogen-bond donors (Lipinski definition) is 1. The molecule has 0 aliphatic heterocycles. The van der Waals surface area contributed by atoms with Gasteiger partial charge in [0.15, 0.2) is 0 Å². The van der Waals surface area contributed by atoms with Gasteiger partial charge in [0.1, 0.15) is 6.10 Å². The quantitative estimate of drug-likeness (QED) is 0.917. The monoisotopic (exact) mass is 288 g/mol. The summed E-state index contributed by atoms with van der Waals surface area (Å²) in [5, 5.41) is 3.18. The zero-order valence-electron chi connectivity index (χ0n) is 14.0. The highest BCUT2D eigenvalue weighted by Crippen LogP contribution is 2.66. The molecule has 3 heteroatoms. The molecule has 2 aliphatic carbocycles. The topological polar surface area (TPSA) is 34.1 Å². The minimum atomic E-state index is 0.289. The first kappa shape index (κ1) is 14.8. The summed E-state index contributed by atoms with van der Waals surface area (Å²) >= 11 is 0. The number of nitrogens with zero attached hydrogens (tertiary/aromatic N) is 1. The minimum Gasteiger partial charge on any atom is -0.474 e. The van der Waals surface area contributed by atoms with Crippen LogP contribution in [0.4, 0.5) is 0 Å². The van der Waals surface area contributed by atoms with Crippen molar-refractivity contribution in [3.05, 3.63) is 23.4 Å². The van der Waals surface area contributed by atoms with Crippen molar-refractivity contribution in [1.82, 2.24) is 10.3 Å². The number of aryl methyl sites for hydroxylation is 1. The molecule has 3 rings (SSSR count). The van der Waals surface area contributed by atoms with Crippen molar-refractivity contribution in [2.75, 3.05) is 7.05 Å². The molecule has 2 saturated carbocycles. The van der Waals surface area contributed by atoms with E-state index >= 15 is 0 Å². The first-order chi connectivity index (χ1) is 9.88. The molecule has 3 nitrogen and oxygen atoms in total. The number of rotatable bonds is 4. The van der Waals surface area contributed by atoms with Gasteiger partial charge in [-0.15, -0.1) is 0 Å². The lowest BCUT2D eigenvalue weighted by molar-refractivity contribution is 0.0272. The van der Waals surface area contributed by atoms with Crippen LogP contribution in [0, 0.1) is 23.7 Å². The summed E-state index contributed by atoms with van der Waals surface area (Å²) in [5.41, 5.74) is 2.98. The molecule has 1 N–H and O–H groups in total. The summed E-state index contributed by atoms with van der Waals surface area (Å²) in [7, 11) is 1.96. The van der Waals surface area contributed by atoms with Gasteiger partial charge >= 0.3 is 0 Å². The van der Waals surface area contributed by atoms with Gasteiger partial charge in [0, 0.05) is 23.7 Å². The molecule has 1 aromatic rings. The van der Waals surface area contributed by atoms with E-state index in [4.69, 9.17) is 4.74 Å². The maximum Gasteiger partial charge on any atom is 0.213 e. The smallest absolute Gasteiger partial charge is 0.213 e. The predicted octanol–water partition coefficient (Wildman–Crippen LogP) is 3.70. The SMILES string of the molecule is CNCc1ccc(OC2CC3CCC2(C)C3(C)C)nc1C. The van der Waals surface area contributed by atoms with Gasteiger partial charge in [0.25, 0.3) is 0 Å². The van der Waals surface area contributed by atoms with Crippen molar-refractivity contribution in [2.24, 2.45) is 16.7 Å². The van der Waals surface area contributed by atoms with Crippen LogP contribution in [0.15, 0.2) is 12.1 Å².